The third kappa shape index (κ3) is 3.86. The molecule has 0 aliphatic rings. The van der Waals surface area contributed by atoms with Gasteiger partial charge < -0.3 is 9.88 Å². The molecule has 0 atom stereocenters. The van der Waals surface area contributed by atoms with Crippen LogP contribution in [0.15, 0.2) is 47.3 Å². The molecule has 28 heavy (non-hydrogen) atoms. The minimum Gasteiger partial charge on any atom is -0.329 e. The van der Waals surface area contributed by atoms with Crippen LogP contribution in [0.4, 0.5) is 5.69 Å². The van der Waals surface area contributed by atoms with Gasteiger partial charge in [0.25, 0.3) is 17.2 Å². The number of benzene rings is 2. The molecule has 9 heteroatoms. The molecule has 0 aliphatic carbocycles. The second-order valence-corrected chi connectivity index (χ2v) is 6.89. The van der Waals surface area contributed by atoms with Gasteiger partial charge in [0.1, 0.15) is 10.8 Å². The predicted octanol–water partition coefficient (Wildman–Crippen LogP) is 3.54. The smallest absolute Gasteiger partial charge is 0.288 e. The first-order valence-corrected chi connectivity index (χ1v) is 8.88. The lowest BCUT2D eigenvalue weighted by Crippen LogP contribution is -2.37. The average Bonchev–Trinajstić information content (AvgIpc) is 2.65. The molecule has 8 nitrogen and oxygen atoms in total. The highest BCUT2D eigenvalue weighted by molar-refractivity contribution is 6.32. The summed E-state index contributed by atoms with van der Waals surface area (Å²) >= 11 is 5.82. The van der Waals surface area contributed by atoms with Gasteiger partial charge in [-0.3, -0.25) is 19.7 Å². The number of fused-ring (bicyclic) bond motifs is 1. The average molecular weight is 401 g/mol. The Kier molecular flexibility index (Phi) is 5.41. The van der Waals surface area contributed by atoms with Gasteiger partial charge in [0, 0.05) is 17.7 Å². The third-order valence-corrected chi connectivity index (χ3v) is 4.58. The Morgan fingerprint density at radius 3 is 2.68 bits per heavy atom. The number of para-hydroxylation sites is 1. The number of nitrogens with one attached hydrogen (secondary N) is 1. The van der Waals surface area contributed by atoms with Crippen molar-refractivity contribution in [2.75, 3.05) is 0 Å². The molecule has 0 unspecified atom stereocenters. The molecule has 2 aromatic carbocycles. The molecule has 1 heterocycles. The number of rotatable bonds is 5. The van der Waals surface area contributed by atoms with Crippen LogP contribution in [0.1, 0.15) is 30.0 Å². The highest BCUT2D eigenvalue weighted by atomic mass is 35.5. The summed E-state index contributed by atoms with van der Waals surface area (Å²) in [6.07, 6.45) is 0. The van der Waals surface area contributed by atoms with Crippen LogP contribution in [0, 0.1) is 10.1 Å². The third-order valence-electron chi connectivity index (χ3n) is 4.26. The minimum atomic E-state index is -0.638. The van der Waals surface area contributed by atoms with E-state index in [4.69, 9.17) is 11.6 Å². The van der Waals surface area contributed by atoms with E-state index in [1.165, 1.54) is 17.0 Å². The maximum atomic E-state index is 13.0. The molecular weight excluding hydrogens is 384 g/mol. The first-order chi connectivity index (χ1) is 13.3. The molecule has 144 valence electrons. The number of hydrogen-bond donors (Lipinski definition) is 1. The number of carbonyl (C=O) groups is 1. The molecule has 0 spiro atoms. The molecule has 0 radical (unpaired) electrons. The van der Waals surface area contributed by atoms with Gasteiger partial charge in [-0.15, -0.1) is 0 Å². The second-order valence-electron chi connectivity index (χ2n) is 6.48. The molecule has 0 saturated heterocycles. The van der Waals surface area contributed by atoms with Gasteiger partial charge in [-0.2, -0.15) is 0 Å². The molecule has 1 N–H and O–H groups in total. The van der Waals surface area contributed by atoms with Crippen molar-refractivity contribution in [1.29, 1.82) is 0 Å². The van der Waals surface area contributed by atoms with E-state index >= 15 is 0 Å². The number of hydrogen-bond acceptors (Lipinski definition) is 5. The fourth-order valence-corrected chi connectivity index (χ4v) is 3.00. The van der Waals surface area contributed by atoms with E-state index in [9.17, 15) is 19.7 Å². The summed E-state index contributed by atoms with van der Waals surface area (Å²) in [6, 6.07) is 10.6. The topological polar surface area (TPSA) is 109 Å². The van der Waals surface area contributed by atoms with E-state index in [-0.39, 0.29) is 34.4 Å². The summed E-state index contributed by atoms with van der Waals surface area (Å²) in [7, 11) is 0. The summed E-state index contributed by atoms with van der Waals surface area (Å²) in [6.45, 7) is 3.66. The second kappa shape index (κ2) is 7.77. The van der Waals surface area contributed by atoms with E-state index < -0.39 is 10.8 Å². The van der Waals surface area contributed by atoms with Crippen LogP contribution < -0.4 is 5.56 Å². The SMILES string of the molecule is CC(C)N(Cc1nc2ccccc2c(=O)[nH]1)C(=O)c1ccc(Cl)c([N+](=O)[O-])c1. The molecular formula is C19H17ClN4O4. The number of H-pyrrole nitrogens is 1. The minimum absolute atomic E-state index is 0.0434. The van der Waals surface area contributed by atoms with Crippen molar-refractivity contribution in [1.82, 2.24) is 14.9 Å². The number of nitro groups is 1. The number of amides is 1. The van der Waals surface area contributed by atoms with Gasteiger partial charge in [0.15, 0.2) is 0 Å². The Morgan fingerprint density at radius 1 is 1.29 bits per heavy atom. The van der Waals surface area contributed by atoms with E-state index in [2.05, 4.69) is 9.97 Å². The molecule has 0 fully saturated rings. The molecule has 0 aliphatic heterocycles. The normalized spacial score (nSPS) is 11.0. The van der Waals surface area contributed by atoms with Crippen molar-refractivity contribution in [3.8, 4) is 0 Å². The Hall–Kier alpha value is -3.26. The van der Waals surface area contributed by atoms with Crippen LogP contribution in [0.2, 0.25) is 5.02 Å². The van der Waals surface area contributed by atoms with Crippen LogP contribution in [0.3, 0.4) is 0 Å². The lowest BCUT2D eigenvalue weighted by Gasteiger charge is -2.26. The summed E-state index contributed by atoms with van der Waals surface area (Å²) in [5.74, 6) is -0.0974. The first-order valence-electron chi connectivity index (χ1n) is 8.50. The fourth-order valence-electron chi connectivity index (χ4n) is 2.81. The lowest BCUT2D eigenvalue weighted by molar-refractivity contribution is -0.384. The summed E-state index contributed by atoms with van der Waals surface area (Å²) < 4.78 is 0. The van der Waals surface area contributed by atoms with E-state index in [1.54, 1.807) is 38.1 Å². The van der Waals surface area contributed by atoms with E-state index in [0.29, 0.717) is 16.7 Å². The monoisotopic (exact) mass is 400 g/mol. The predicted molar refractivity (Wildman–Crippen MR) is 105 cm³/mol. The van der Waals surface area contributed by atoms with Crippen LogP contribution in [0.5, 0.6) is 0 Å². The standard InChI is InChI=1S/C19H17ClN4O4/c1-11(2)23(19(26)12-7-8-14(20)16(9-12)24(27)28)10-17-21-15-6-4-3-5-13(15)18(25)22-17/h3-9,11H,10H2,1-2H3,(H,21,22,25). The maximum absolute atomic E-state index is 13.0. The Morgan fingerprint density at radius 2 is 2.00 bits per heavy atom. The van der Waals surface area contributed by atoms with Crippen molar-refractivity contribution in [3.63, 3.8) is 0 Å². The van der Waals surface area contributed by atoms with E-state index in [0.717, 1.165) is 6.07 Å². The molecule has 1 aromatic heterocycles. The van der Waals surface area contributed by atoms with Gasteiger partial charge in [-0.05, 0) is 38.1 Å². The number of halogens is 1. The van der Waals surface area contributed by atoms with Crippen LogP contribution in [0.25, 0.3) is 10.9 Å². The zero-order valence-corrected chi connectivity index (χ0v) is 15.9. The van der Waals surface area contributed by atoms with E-state index in [1.807, 2.05) is 0 Å². The Bertz CT molecular complexity index is 1130. The molecule has 1 amide bonds. The van der Waals surface area contributed by atoms with Crippen molar-refractivity contribution < 1.29 is 9.72 Å². The zero-order chi connectivity index (χ0) is 20.4. The summed E-state index contributed by atoms with van der Waals surface area (Å²) in [5, 5.41) is 11.5. The van der Waals surface area contributed by atoms with Gasteiger partial charge in [-0.1, -0.05) is 23.7 Å². The van der Waals surface area contributed by atoms with Crippen molar-refractivity contribution in [2.45, 2.75) is 26.4 Å². The zero-order valence-electron chi connectivity index (χ0n) is 15.2. The van der Waals surface area contributed by atoms with Crippen LogP contribution in [-0.2, 0) is 6.54 Å². The van der Waals surface area contributed by atoms with Gasteiger partial charge in [0.05, 0.1) is 22.4 Å². The Labute approximate surface area is 164 Å². The largest absolute Gasteiger partial charge is 0.329 e. The highest BCUT2D eigenvalue weighted by Gasteiger charge is 2.23. The Balaban J connectivity index is 1.96. The number of aromatic amines is 1. The summed E-state index contributed by atoms with van der Waals surface area (Å²) in [4.78, 5) is 44.3. The number of carbonyl (C=O) groups excluding carboxylic acids is 1. The van der Waals surface area contributed by atoms with Gasteiger partial charge in [0.2, 0.25) is 0 Å². The van der Waals surface area contributed by atoms with Crippen molar-refractivity contribution >= 4 is 34.1 Å². The molecule has 0 bridgehead atoms. The lowest BCUT2D eigenvalue weighted by atomic mass is 10.1. The fraction of sp³-hybridized carbons (Fsp3) is 0.211. The number of nitrogens with zero attached hydrogens (tertiary/aromatic N) is 3. The molecule has 3 aromatic rings. The van der Waals surface area contributed by atoms with Crippen molar-refractivity contribution in [3.05, 3.63) is 79.3 Å². The number of nitro benzene ring substituents is 1. The quantitative estimate of drug-likeness (QED) is 0.520. The molecule has 0 saturated carbocycles. The first kappa shape index (κ1) is 19.5. The maximum Gasteiger partial charge on any atom is 0.288 e. The highest BCUT2D eigenvalue weighted by Crippen LogP contribution is 2.26. The molecule has 3 rings (SSSR count). The number of aromatic nitrogens is 2. The van der Waals surface area contributed by atoms with Crippen molar-refractivity contribution in [2.24, 2.45) is 0 Å². The van der Waals surface area contributed by atoms with Crippen LogP contribution in [-0.4, -0.2) is 31.7 Å². The van der Waals surface area contributed by atoms with Gasteiger partial charge >= 0.3 is 0 Å². The summed E-state index contributed by atoms with van der Waals surface area (Å²) in [5.41, 5.74) is 0.0276. The van der Waals surface area contributed by atoms with Gasteiger partial charge in [-0.25, -0.2) is 4.98 Å². The van der Waals surface area contributed by atoms with Crippen LogP contribution >= 0.6 is 11.6 Å².